The average Bonchev–Trinajstić information content (AvgIpc) is 2.39. The molecular formula is C15H27NO8. The molecule has 0 saturated heterocycles. The van der Waals surface area contributed by atoms with Crippen molar-refractivity contribution in [1.82, 2.24) is 0 Å². The van der Waals surface area contributed by atoms with Gasteiger partial charge < -0.3 is 25.8 Å². The standard InChI is InChI=1S/C11H21NO4.C4H6O4/c1-11(2,3)16-10(15)8(9(13)14)6-4-5-7-12;5-3(6)1-2-4(7)8/h8H,4-7,12H2,1-3H3,(H,13,14);1-2H2,(H,5,6)(H,7,8). The Morgan fingerprint density at radius 3 is 1.71 bits per heavy atom. The van der Waals surface area contributed by atoms with Gasteiger partial charge in [0, 0.05) is 0 Å². The smallest absolute Gasteiger partial charge is 0.320 e. The molecule has 9 heteroatoms. The van der Waals surface area contributed by atoms with E-state index in [2.05, 4.69) is 0 Å². The Hall–Kier alpha value is -2.16. The molecule has 0 bridgehead atoms. The molecule has 0 aliphatic rings. The molecule has 0 heterocycles. The number of carboxylic acids is 3. The lowest BCUT2D eigenvalue weighted by atomic mass is 10.0. The van der Waals surface area contributed by atoms with Gasteiger partial charge in [0.25, 0.3) is 0 Å². The third-order valence-corrected chi connectivity index (χ3v) is 2.49. The Balaban J connectivity index is 0. The van der Waals surface area contributed by atoms with Crippen LogP contribution in [0.25, 0.3) is 0 Å². The number of aliphatic carboxylic acids is 3. The quantitative estimate of drug-likeness (QED) is 0.271. The fourth-order valence-corrected chi connectivity index (χ4v) is 1.42. The molecule has 0 fully saturated rings. The minimum atomic E-state index is -1.13. The van der Waals surface area contributed by atoms with Crippen LogP contribution in [0.5, 0.6) is 0 Å². The number of hydrogen-bond donors (Lipinski definition) is 4. The van der Waals surface area contributed by atoms with Crippen LogP contribution in [0.1, 0.15) is 52.9 Å². The molecule has 0 amide bonds. The molecule has 1 unspecified atom stereocenters. The Bertz CT molecular complexity index is 414. The molecule has 0 aliphatic carbocycles. The predicted molar refractivity (Wildman–Crippen MR) is 84.4 cm³/mol. The molecule has 0 spiro atoms. The van der Waals surface area contributed by atoms with Gasteiger partial charge in [-0.3, -0.25) is 19.2 Å². The third-order valence-electron chi connectivity index (χ3n) is 2.49. The van der Waals surface area contributed by atoms with Crippen LogP contribution in [0.2, 0.25) is 0 Å². The number of hydrogen-bond acceptors (Lipinski definition) is 6. The highest BCUT2D eigenvalue weighted by Gasteiger charge is 2.30. The Morgan fingerprint density at radius 2 is 1.42 bits per heavy atom. The van der Waals surface area contributed by atoms with Crippen molar-refractivity contribution in [2.75, 3.05) is 6.54 Å². The van der Waals surface area contributed by atoms with Crippen molar-refractivity contribution in [3.63, 3.8) is 0 Å². The number of carboxylic acid groups (broad SMARTS) is 3. The zero-order chi connectivity index (χ0) is 19.3. The summed E-state index contributed by atoms with van der Waals surface area (Å²) in [6.07, 6.45) is 1.02. The van der Waals surface area contributed by atoms with Gasteiger partial charge in [0.2, 0.25) is 0 Å². The van der Waals surface area contributed by atoms with E-state index in [9.17, 15) is 19.2 Å². The number of unbranched alkanes of at least 4 members (excludes halogenated alkanes) is 1. The van der Waals surface area contributed by atoms with Crippen LogP contribution in [0.3, 0.4) is 0 Å². The normalized spacial score (nSPS) is 11.7. The zero-order valence-corrected chi connectivity index (χ0v) is 14.3. The minimum Gasteiger partial charge on any atom is -0.481 e. The van der Waals surface area contributed by atoms with Crippen LogP contribution in [-0.4, -0.2) is 51.3 Å². The highest BCUT2D eigenvalue weighted by molar-refractivity contribution is 5.94. The van der Waals surface area contributed by atoms with Gasteiger partial charge in [0.15, 0.2) is 5.92 Å². The fourth-order valence-electron chi connectivity index (χ4n) is 1.42. The van der Waals surface area contributed by atoms with E-state index in [1.54, 1.807) is 20.8 Å². The van der Waals surface area contributed by atoms with E-state index < -0.39 is 35.4 Å². The van der Waals surface area contributed by atoms with E-state index in [0.29, 0.717) is 19.4 Å². The Labute approximate surface area is 140 Å². The van der Waals surface area contributed by atoms with Crippen LogP contribution in [-0.2, 0) is 23.9 Å². The molecular weight excluding hydrogens is 322 g/mol. The van der Waals surface area contributed by atoms with Crippen molar-refractivity contribution in [1.29, 1.82) is 0 Å². The molecule has 0 saturated carbocycles. The molecule has 0 radical (unpaired) electrons. The van der Waals surface area contributed by atoms with Crippen LogP contribution < -0.4 is 5.73 Å². The van der Waals surface area contributed by atoms with Gasteiger partial charge in [-0.15, -0.1) is 0 Å². The van der Waals surface area contributed by atoms with E-state index in [1.165, 1.54) is 0 Å². The van der Waals surface area contributed by atoms with E-state index >= 15 is 0 Å². The van der Waals surface area contributed by atoms with Gasteiger partial charge in [-0.25, -0.2) is 0 Å². The van der Waals surface area contributed by atoms with Gasteiger partial charge in [0.1, 0.15) is 5.60 Å². The number of carbonyl (C=O) groups excluding carboxylic acids is 1. The van der Waals surface area contributed by atoms with Crippen molar-refractivity contribution < 1.29 is 39.2 Å². The SMILES string of the molecule is CC(C)(C)OC(=O)C(CCCCN)C(=O)O.O=C(O)CCC(=O)O. The molecule has 9 nitrogen and oxygen atoms in total. The fraction of sp³-hybridized carbons (Fsp3) is 0.733. The molecule has 24 heavy (non-hydrogen) atoms. The van der Waals surface area contributed by atoms with Crippen LogP contribution >= 0.6 is 0 Å². The number of esters is 1. The van der Waals surface area contributed by atoms with Crippen molar-refractivity contribution >= 4 is 23.9 Å². The summed E-state index contributed by atoms with van der Waals surface area (Å²) < 4.78 is 5.04. The Morgan fingerprint density at radius 1 is 0.958 bits per heavy atom. The molecule has 0 aromatic rings. The lowest BCUT2D eigenvalue weighted by molar-refractivity contribution is -0.167. The van der Waals surface area contributed by atoms with Crippen LogP contribution in [0.4, 0.5) is 0 Å². The number of nitrogens with two attached hydrogens (primary N) is 1. The van der Waals surface area contributed by atoms with Gasteiger partial charge >= 0.3 is 23.9 Å². The maximum atomic E-state index is 11.6. The topological polar surface area (TPSA) is 164 Å². The summed E-state index contributed by atoms with van der Waals surface area (Å²) in [7, 11) is 0. The number of carbonyl (C=O) groups is 4. The van der Waals surface area contributed by atoms with E-state index in [1.807, 2.05) is 0 Å². The minimum absolute atomic E-state index is 0.279. The predicted octanol–water partition coefficient (Wildman–Crippen LogP) is 1.09. The summed E-state index contributed by atoms with van der Waals surface area (Å²) in [5.74, 6) is -5.03. The third kappa shape index (κ3) is 16.2. The number of ether oxygens (including phenoxy) is 1. The van der Waals surface area contributed by atoms with E-state index in [4.69, 9.17) is 25.8 Å². The maximum Gasteiger partial charge on any atom is 0.320 e. The largest absolute Gasteiger partial charge is 0.481 e. The first-order valence-electron chi connectivity index (χ1n) is 7.50. The van der Waals surface area contributed by atoms with E-state index in [0.717, 1.165) is 0 Å². The lowest BCUT2D eigenvalue weighted by Gasteiger charge is -2.22. The highest BCUT2D eigenvalue weighted by Crippen LogP contribution is 2.16. The molecule has 0 aromatic heterocycles. The second-order valence-electron chi connectivity index (χ2n) is 6.00. The summed E-state index contributed by atoms with van der Waals surface area (Å²) in [5, 5.41) is 24.7. The van der Waals surface area contributed by atoms with Crippen LogP contribution in [0.15, 0.2) is 0 Å². The molecule has 0 rings (SSSR count). The zero-order valence-electron chi connectivity index (χ0n) is 14.3. The first-order valence-corrected chi connectivity index (χ1v) is 7.50. The number of rotatable bonds is 9. The molecule has 5 N–H and O–H groups in total. The van der Waals surface area contributed by atoms with Crippen molar-refractivity contribution in [3.8, 4) is 0 Å². The lowest BCUT2D eigenvalue weighted by Crippen LogP contribution is -2.32. The molecule has 140 valence electrons. The van der Waals surface area contributed by atoms with Gasteiger partial charge in [-0.2, -0.15) is 0 Å². The summed E-state index contributed by atoms with van der Waals surface area (Å²) in [4.78, 5) is 41.7. The Kier molecular flexibility index (Phi) is 12.3. The first kappa shape index (κ1) is 24.1. The summed E-state index contributed by atoms with van der Waals surface area (Å²) >= 11 is 0. The van der Waals surface area contributed by atoms with E-state index in [-0.39, 0.29) is 19.3 Å². The maximum absolute atomic E-state index is 11.6. The molecule has 0 aromatic carbocycles. The molecule has 1 atom stereocenters. The van der Waals surface area contributed by atoms with Gasteiger partial charge in [-0.05, 0) is 40.2 Å². The summed E-state index contributed by atoms with van der Waals surface area (Å²) in [6.45, 7) is 5.64. The average molecular weight is 349 g/mol. The van der Waals surface area contributed by atoms with Crippen molar-refractivity contribution in [3.05, 3.63) is 0 Å². The van der Waals surface area contributed by atoms with Gasteiger partial charge in [-0.1, -0.05) is 6.42 Å². The van der Waals surface area contributed by atoms with Crippen molar-refractivity contribution in [2.45, 2.75) is 58.5 Å². The second kappa shape index (κ2) is 12.3. The van der Waals surface area contributed by atoms with Gasteiger partial charge in [0.05, 0.1) is 12.8 Å². The highest BCUT2D eigenvalue weighted by atomic mass is 16.6. The second-order valence-corrected chi connectivity index (χ2v) is 6.00. The first-order chi connectivity index (χ1) is 10.9. The van der Waals surface area contributed by atoms with Crippen molar-refractivity contribution in [2.24, 2.45) is 11.7 Å². The van der Waals surface area contributed by atoms with Crippen LogP contribution in [0, 0.1) is 5.92 Å². The summed E-state index contributed by atoms with van der Waals surface area (Å²) in [6, 6.07) is 0. The molecule has 0 aliphatic heterocycles. The summed E-state index contributed by atoms with van der Waals surface area (Å²) in [5.41, 5.74) is 4.65. The monoisotopic (exact) mass is 349 g/mol.